The molecular formula is C15H13Br2ClN2O3S. The van der Waals surface area contributed by atoms with Gasteiger partial charge in [-0.25, -0.2) is 8.42 Å². The highest BCUT2D eigenvalue weighted by molar-refractivity contribution is 9.11. The van der Waals surface area contributed by atoms with Gasteiger partial charge in [-0.1, -0.05) is 39.7 Å². The third-order valence-electron chi connectivity index (χ3n) is 3.10. The highest BCUT2D eigenvalue weighted by Crippen LogP contribution is 2.28. The quantitative estimate of drug-likeness (QED) is 0.677. The third kappa shape index (κ3) is 4.58. The Morgan fingerprint density at radius 2 is 1.88 bits per heavy atom. The average Bonchev–Trinajstić information content (AvgIpc) is 2.51. The summed E-state index contributed by atoms with van der Waals surface area (Å²) in [6.07, 6.45) is 0. The summed E-state index contributed by atoms with van der Waals surface area (Å²) in [5, 5.41) is 2.97. The lowest BCUT2D eigenvalue weighted by atomic mass is 10.3. The Morgan fingerprint density at radius 3 is 2.54 bits per heavy atom. The van der Waals surface area contributed by atoms with E-state index in [4.69, 9.17) is 11.6 Å². The summed E-state index contributed by atoms with van der Waals surface area (Å²) in [7, 11) is -2.48. The highest BCUT2D eigenvalue weighted by atomic mass is 79.9. The van der Waals surface area contributed by atoms with E-state index in [1.54, 1.807) is 36.4 Å². The van der Waals surface area contributed by atoms with Crippen LogP contribution in [0.1, 0.15) is 0 Å². The van der Waals surface area contributed by atoms with Crippen molar-refractivity contribution in [3.63, 3.8) is 0 Å². The summed E-state index contributed by atoms with van der Waals surface area (Å²) in [6, 6.07) is 11.5. The van der Waals surface area contributed by atoms with Crippen molar-refractivity contribution < 1.29 is 13.2 Å². The monoisotopic (exact) mass is 494 g/mol. The lowest BCUT2D eigenvalue weighted by Crippen LogP contribution is -2.35. The van der Waals surface area contributed by atoms with Crippen LogP contribution in [0.5, 0.6) is 0 Å². The standard InChI is InChI=1S/C15H13Br2ClN2O3S/c1-20(9-15(21)19-13-5-3-2-4-12(13)18)24(22,23)14-8-10(16)6-7-11(14)17/h2-8H,9H2,1H3,(H,19,21). The molecule has 1 amide bonds. The van der Waals surface area contributed by atoms with E-state index in [0.717, 1.165) is 4.31 Å². The van der Waals surface area contributed by atoms with Crippen molar-refractivity contribution >= 4 is 65.1 Å². The van der Waals surface area contributed by atoms with E-state index in [1.807, 2.05) is 0 Å². The molecule has 0 unspecified atom stereocenters. The first kappa shape index (κ1) is 19.4. The first-order valence-electron chi connectivity index (χ1n) is 6.67. The number of nitrogens with zero attached hydrogens (tertiary/aromatic N) is 1. The fourth-order valence-electron chi connectivity index (χ4n) is 1.88. The van der Waals surface area contributed by atoms with Crippen LogP contribution in [-0.4, -0.2) is 32.2 Å². The lowest BCUT2D eigenvalue weighted by Gasteiger charge is -2.18. The number of amides is 1. The number of likely N-dealkylation sites (N-methyl/N-ethyl adjacent to an activating group) is 1. The average molecular weight is 497 g/mol. The normalized spacial score (nSPS) is 11.5. The van der Waals surface area contributed by atoms with Crippen LogP contribution in [0.2, 0.25) is 5.02 Å². The molecule has 0 spiro atoms. The third-order valence-corrected chi connectivity index (χ3v) is 6.72. The Bertz CT molecular complexity index is 875. The van der Waals surface area contributed by atoms with Gasteiger partial charge in [-0.3, -0.25) is 4.79 Å². The van der Waals surface area contributed by atoms with Gasteiger partial charge in [-0.2, -0.15) is 4.31 Å². The smallest absolute Gasteiger partial charge is 0.244 e. The molecule has 0 aliphatic rings. The number of rotatable bonds is 5. The molecule has 0 bridgehead atoms. The van der Waals surface area contributed by atoms with Gasteiger partial charge in [0, 0.05) is 16.0 Å². The molecule has 2 aromatic rings. The Balaban J connectivity index is 2.16. The fraction of sp³-hybridized carbons (Fsp3) is 0.133. The summed E-state index contributed by atoms with van der Waals surface area (Å²) >= 11 is 12.4. The predicted molar refractivity (Wildman–Crippen MR) is 102 cm³/mol. The predicted octanol–water partition coefficient (Wildman–Crippen LogP) is 4.12. The van der Waals surface area contributed by atoms with E-state index < -0.39 is 15.9 Å². The molecule has 2 rings (SSSR count). The second-order valence-corrected chi connectivity index (χ2v) is 9.05. The number of anilines is 1. The van der Waals surface area contributed by atoms with Gasteiger partial charge in [0.15, 0.2) is 0 Å². The molecule has 2 aromatic carbocycles. The molecule has 0 saturated heterocycles. The molecule has 0 aliphatic heterocycles. The van der Waals surface area contributed by atoms with Crippen LogP contribution in [-0.2, 0) is 14.8 Å². The molecule has 0 aromatic heterocycles. The topological polar surface area (TPSA) is 66.5 Å². The largest absolute Gasteiger partial charge is 0.324 e. The van der Waals surface area contributed by atoms with Crippen molar-refractivity contribution in [1.82, 2.24) is 4.31 Å². The molecule has 0 radical (unpaired) electrons. The van der Waals surface area contributed by atoms with Gasteiger partial charge in [-0.05, 0) is 46.3 Å². The number of carbonyl (C=O) groups is 1. The van der Waals surface area contributed by atoms with Crippen molar-refractivity contribution in [2.45, 2.75) is 4.90 Å². The van der Waals surface area contributed by atoms with Gasteiger partial charge < -0.3 is 5.32 Å². The summed E-state index contributed by atoms with van der Waals surface area (Å²) < 4.78 is 27.3. The second kappa shape index (κ2) is 7.97. The van der Waals surface area contributed by atoms with Crippen molar-refractivity contribution in [3.05, 3.63) is 56.4 Å². The lowest BCUT2D eigenvalue weighted by molar-refractivity contribution is -0.116. The van der Waals surface area contributed by atoms with Crippen LogP contribution >= 0.6 is 43.5 Å². The van der Waals surface area contributed by atoms with Crippen molar-refractivity contribution in [2.24, 2.45) is 0 Å². The summed E-state index contributed by atoms with van der Waals surface area (Å²) in [5.74, 6) is -0.486. The number of carbonyl (C=O) groups excluding carboxylic acids is 1. The Kier molecular flexibility index (Phi) is 6.44. The molecule has 0 heterocycles. The summed E-state index contributed by atoms with van der Waals surface area (Å²) in [5.41, 5.74) is 0.429. The van der Waals surface area contributed by atoms with Gasteiger partial charge in [0.2, 0.25) is 15.9 Å². The molecule has 24 heavy (non-hydrogen) atoms. The Morgan fingerprint density at radius 1 is 1.21 bits per heavy atom. The van der Waals surface area contributed by atoms with E-state index in [0.29, 0.717) is 19.7 Å². The maximum Gasteiger partial charge on any atom is 0.244 e. The van der Waals surface area contributed by atoms with Crippen molar-refractivity contribution in [2.75, 3.05) is 18.9 Å². The van der Waals surface area contributed by atoms with Gasteiger partial charge in [0.1, 0.15) is 0 Å². The first-order chi connectivity index (χ1) is 11.2. The van der Waals surface area contributed by atoms with Gasteiger partial charge in [0.05, 0.1) is 22.2 Å². The molecular weight excluding hydrogens is 484 g/mol. The Hall–Kier alpha value is -0.930. The number of hydrogen-bond acceptors (Lipinski definition) is 3. The van der Waals surface area contributed by atoms with Gasteiger partial charge in [-0.15, -0.1) is 0 Å². The number of sulfonamides is 1. The zero-order valence-corrected chi connectivity index (χ0v) is 17.2. The zero-order chi connectivity index (χ0) is 17.9. The number of nitrogens with one attached hydrogen (secondary N) is 1. The van der Waals surface area contributed by atoms with E-state index in [-0.39, 0.29) is 11.4 Å². The number of para-hydroxylation sites is 1. The number of hydrogen-bond donors (Lipinski definition) is 1. The zero-order valence-electron chi connectivity index (χ0n) is 12.5. The van der Waals surface area contributed by atoms with E-state index in [2.05, 4.69) is 37.2 Å². The maximum atomic E-state index is 12.6. The van der Waals surface area contributed by atoms with Crippen molar-refractivity contribution in [3.8, 4) is 0 Å². The minimum absolute atomic E-state index is 0.0740. The van der Waals surface area contributed by atoms with Crippen LogP contribution < -0.4 is 5.32 Å². The minimum atomic E-state index is -3.83. The molecule has 0 aliphatic carbocycles. The van der Waals surface area contributed by atoms with Crippen LogP contribution in [0.3, 0.4) is 0 Å². The molecule has 1 N–H and O–H groups in total. The molecule has 9 heteroatoms. The Labute approximate surface area is 162 Å². The number of benzene rings is 2. The van der Waals surface area contributed by atoms with Gasteiger partial charge >= 0.3 is 0 Å². The highest BCUT2D eigenvalue weighted by Gasteiger charge is 2.25. The van der Waals surface area contributed by atoms with E-state index in [9.17, 15) is 13.2 Å². The van der Waals surface area contributed by atoms with Crippen LogP contribution in [0.25, 0.3) is 0 Å². The summed E-state index contributed by atoms with van der Waals surface area (Å²) in [6.45, 7) is -0.341. The van der Waals surface area contributed by atoms with Crippen LogP contribution in [0.4, 0.5) is 5.69 Å². The number of halogens is 3. The summed E-state index contributed by atoms with van der Waals surface area (Å²) in [4.78, 5) is 12.2. The fourth-order valence-corrected chi connectivity index (χ4v) is 4.65. The van der Waals surface area contributed by atoms with Crippen molar-refractivity contribution in [1.29, 1.82) is 0 Å². The minimum Gasteiger partial charge on any atom is -0.324 e. The maximum absolute atomic E-state index is 12.6. The molecule has 0 atom stereocenters. The molecule has 0 fully saturated rings. The molecule has 128 valence electrons. The van der Waals surface area contributed by atoms with Crippen LogP contribution in [0.15, 0.2) is 56.3 Å². The van der Waals surface area contributed by atoms with Gasteiger partial charge in [0.25, 0.3) is 0 Å². The molecule has 0 saturated carbocycles. The van der Waals surface area contributed by atoms with Crippen LogP contribution in [0, 0.1) is 0 Å². The van der Waals surface area contributed by atoms with E-state index in [1.165, 1.54) is 13.1 Å². The second-order valence-electron chi connectivity index (χ2n) is 4.86. The molecule has 5 nitrogen and oxygen atoms in total. The van der Waals surface area contributed by atoms with E-state index >= 15 is 0 Å². The SMILES string of the molecule is CN(CC(=O)Nc1ccccc1Cl)S(=O)(=O)c1cc(Br)ccc1Br. The first-order valence-corrected chi connectivity index (χ1v) is 10.1.